The number of rotatable bonds is 8. The Morgan fingerprint density at radius 1 is 1.42 bits per heavy atom. The van der Waals surface area contributed by atoms with E-state index in [2.05, 4.69) is 6.92 Å². The van der Waals surface area contributed by atoms with Gasteiger partial charge in [-0.25, -0.2) is 0 Å². The minimum Gasteiger partial charge on any atom is -0.389 e. The zero-order valence-corrected chi connectivity index (χ0v) is 12.2. The molecule has 8 heteroatoms. The van der Waals surface area contributed by atoms with Crippen molar-refractivity contribution in [1.29, 1.82) is 0 Å². The van der Waals surface area contributed by atoms with E-state index in [1.807, 2.05) is 4.72 Å². The maximum atomic E-state index is 10.4. The standard InChI is InChI=1S/C11H24N2O5S/c1-10-2-4-13(5-3-10)6-7-18-9-11(14)8-12-19(15,16)17/h10-12,14H,2-9H2,1H3,(H,15,16,17)/p+1/t11-/m1/s1. The molecule has 0 aromatic heterocycles. The fourth-order valence-electron chi connectivity index (χ4n) is 2.12. The predicted molar refractivity (Wildman–Crippen MR) is 70.3 cm³/mol. The van der Waals surface area contributed by atoms with Gasteiger partial charge in [0.15, 0.2) is 0 Å². The molecule has 4 N–H and O–H groups in total. The molecule has 19 heavy (non-hydrogen) atoms. The van der Waals surface area contributed by atoms with Gasteiger partial charge < -0.3 is 14.7 Å². The van der Waals surface area contributed by atoms with E-state index < -0.39 is 16.4 Å². The first-order valence-electron chi connectivity index (χ1n) is 6.68. The van der Waals surface area contributed by atoms with Crippen molar-refractivity contribution in [3.63, 3.8) is 0 Å². The summed E-state index contributed by atoms with van der Waals surface area (Å²) < 4.78 is 36.3. The van der Waals surface area contributed by atoms with Gasteiger partial charge in [0.25, 0.3) is 0 Å². The number of ether oxygens (including phenoxy) is 1. The van der Waals surface area contributed by atoms with Crippen LogP contribution in [0.1, 0.15) is 19.8 Å². The molecule has 1 aliphatic heterocycles. The molecule has 0 bridgehead atoms. The molecule has 0 aromatic rings. The smallest absolute Gasteiger partial charge is 0.333 e. The first-order valence-corrected chi connectivity index (χ1v) is 8.12. The van der Waals surface area contributed by atoms with Gasteiger partial charge in [0.2, 0.25) is 0 Å². The average Bonchev–Trinajstić information content (AvgIpc) is 2.33. The van der Waals surface area contributed by atoms with Crippen molar-refractivity contribution in [3.05, 3.63) is 0 Å². The van der Waals surface area contributed by atoms with Crippen LogP contribution in [0.25, 0.3) is 0 Å². The summed E-state index contributed by atoms with van der Waals surface area (Å²) in [6.07, 6.45) is 1.55. The molecule has 0 saturated carbocycles. The molecule has 1 fully saturated rings. The Morgan fingerprint density at radius 3 is 2.63 bits per heavy atom. The normalized spacial score (nSPS) is 26.3. The van der Waals surface area contributed by atoms with Crippen molar-refractivity contribution in [2.24, 2.45) is 5.92 Å². The van der Waals surface area contributed by atoms with Crippen LogP contribution in [0, 0.1) is 5.92 Å². The van der Waals surface area contributed by atoms with E-state index >= 15 is 0 Å². The lowest BCUT2D eigenvalue weighted by molar-refractivity contribution is -0.906. The van der Waals surface area contributed by atoms with Crippen molar-refractivity contribution in [2.45, 2.75) is 25.9 Å². The van der Waals surface area contributed by atoms with Gasteiger partial charge in [-0.05, 0) is 18.8 Å². The molecule has 114 valence electrons. The van der Waals surface area contributed by atoms with Crippen LogP contribution in [0.5, 0.6) is 0 Å². The van der Waals surface area contributed by atoms with Gasteiger partial charge in [0.1, 0.15) is 6.54 Å². The van der Waals surface area contributed by atoms with Crippen LogP contribution in [-0.2, 0) is 15.0 Å². The lowest BCUT2D eigenvalue weighted by atomic mass is 9.99. The molecule has 7 nitrogen and oxygen atoms in total. The number of likely N-dealkylation sites (tertiary alicyclic amines) is 1. The average molecular weight is 297 g/mol. The molecule has 0 amide bonds. The fraction of sp³-hybridized carbons (Fsp3) is 1.00. The molecule has 0 aromatic carbocycles. The van der Waals surface area contributed by atoms with Gasteiger partial charge >= 0.3 is 10.3 Å². The summed E-state index contributed by atoms with van der Waals surface area (Å²) in [6.45, 7) is 5.87. The summed E-state index contributed by atoms with van der Waals surface area (Å²) in [4.78, 5) is 1.52. The molecular weight excluding hydrogens is 272 g/mol. The predicted octanol–water partition coefficient (Wildman–Crippen LogP) is -1.93. The SMILES string of the molecule is CC1CC[NH+](CCOC[C@H](O)CNS(=O)(=O)O)CC1. The molecule has 0 aliphatic carbocycles. The van der Waals surface area contributed by atoms with Crippen LogP contribution in [0.3, 0.4) is 0 Å². The maximum Gasteiger partial charge on any atom is 0.333 e. The quantitative estimate of drug-likeness (QED) is 0.309. The molecule has 1 heterocycles. The van der Waals surface area contributed by atoms with Crippen molar-refractivity contribution in [2.75, 3.05) is 39.4 Å². The first-order chi connectivity index (χ1) is 8.87. The second-order valence-corrected chi connectivity index (χ2v) is 6.47. The molecule has 1 atom stereocenters. The second kappa shape index (κ2) is 8.13. The van der Waals surface area contributed by atoms with E-state index in [4.69, 9.17) is 9.29 Å². The molecule has 1 rings (SSSR count). The monoisotopic (exact) mass is 297 g/mol. The highest BCUT2D eigenvalue weighted by Gasteiger charge is 2.18. The Labute approximate surface area is 114 Å². The summed E-state index contributed by atoms with van der Waals surface area (Å²) in [7, 11) is -4.24. The molecule has 1 saturated heterocycles. The molecule has 0 radical (unpaired) electrons. The number of nitrogens with one attached hydrogen (secondary N) is 2. The topological polar surface area (TPSA) is 100 Å². The number of quaternary nitrogens is 1. The number of hydrogen-bond acceptors (Lipinski definition) is 4. The lowest BCUT2D eigenvalue weighted by Gasteiger charge is -2.27. The Balaban J connectivity index is 2.01. The Morgan fingerprint density at radius 2 is 2.05 bits per heavy atom. The summed E-state index contributed by atoms with van der Waals surface area (Å²) in [5.74, 6) is 0.818. The van der Waals surface area contributed by atoms with Crippen LogP contribution >= 0.6 is 0 Å². The van der Waals surface area contributed by atoms with Gasteiger partial charge in [-0.2, -0.15) is 13.1 Å². The molecular formula is C11H25N2O5S+. The minimum absolute atomic E-state index is 0.0617. The summed E-state index contributed by atoms with van der Waals surface area (Å²) in [6, 6.07) is 0. The molecule has 1 aliphatic rings. The van der Waals surface area contributed by atoms with Crippen LogP contribution in [0.4, 0.5) is 0 Å². The highest BCUT2D eigenvalue weighted by Crippen LogP contribution is 2.06. The number of aliphatic hydroxyl groups is 1. The summed E-state index contributed by atoms with van der Waals surface area (Å²) in [5.41, 5.74) is 0. The summed E-state index contributed by atoms with van der Waals surface area (Å²) >= 11 is 0. The van der Waals surface area contributed by atoms with Crippen molar-refractivity contribution in [1.82, 2.24) is 4.72 Å². The zero-order chi connectivity index (χ0) is 14.3. The maximum absolute atomic E-state index is 10.4. The van der Waals surface area contributed by atoms with Gasteiger partial charge in [0.05, 0.1) is 32.4 Å². The van der Waals surface area contributed by atoms with Crippen molar-refractivity contribution in [3.8, 4) is 0 Å². The number of aliphatic hydroxyl groups excluding tert-OH is 1. The minimum atomic E-state index is -4.24. The Hall–Kier alpha value is -0.250. The fourth-order valence-corrected chi connectivity index (χ4v) is 2.52. The van der Waals surface area contributed by atoms with E-state index in [1.165, 1.54) is 17.7 Å². The van der Waals surface area contributed by atoms with E-state index in [9.17, 15) is 13.5 Å². The molecule has 0 unspecified atom stereocenters. The van der Waals surface area contributed by atoms with Crippen LogP contribution in [0.2, 0.25) is 0 Å². The lowest BCUT2D eigenvalue weighted by Crippen LogP contribution is -3.13. The largest absolute Gasteiger partial charge is 0.389 e. The van der Waals surface area contributed by atoms with E-state index in [-0.39, 0.29) is 13.2 Å². The van der Waals surface area contributed by atoms with Crippen LogP contribution < -0.4 is 9.62 Å². The van der Waals surface area contributed by atoms with Crippen molar-refractivity contribution >= 4 is 10.3 Å². The second-order valence-electron chi connectivity index (χ2n) is 5.23. The van der Waals surface area contributed by atoms with Gasteiger partial charge in [0, 0.05) is 6.54 Å². The van der Waals surface area contributed by atoms with E-state index in [0.717, 1.165) is 25.6 Å². The number of hydrogen-bond donors (Lipinski definition) is 4. The highest BCUT2D eigenvalue weighted by molar-refractivity contribution is 7.83. The van der Waals surface area contributed by atoms with Gasteiger partial charge in [-0.1, -0.05) is 6.92 Å². The third-order valence-electron chi connectivity index (χ3n) is 3.39. The third-order valence-corrected chi connectivity index (χ3v) is 3.92. The Kier molecular flexibility index (Phi) is 7.19. The van der Waals surface area contributed by atoms with E-state index in [0.29, 0.717) is 6.61 Å². The third kappa shape index (κ3) is 8.51. The van der Waals surface area contributed by atoms with E-state index in [1.54, 1.807) is 0 Å². The van der Waals surface area contributed by atoms with Gasteiger partial charge in [-0.15, -0.1) is 0 Å². The zero-order valence-electron chi connectivity index (χ0n) is 11.3. The Bertz CT molecular complexity index is 341. The van der Waals surface area contributed by atoms with Crippen molar-refractivity contribution < 1.29 is 27.7 Å². The summed E-state index contributed by atoms with van der Waals surface area (Å²) in [5, 5.41) is 9.41. The van der Waals surface area contributed by atoms with Crippen LogP contribution in [0.15, 0.2) is 0 Å². The van der Waals surface area contributed by atoms with Gasteiger partial charge in [-0.3, -0.25) is 4.55 Å². The molecule has 0 spiro atoms. The first kappa shape index (κ1) is 16.8. The number of piperidine rings is 1. The highest BCUT2D eigenvalue weighted by atomic mass is 32.2. The van der Waals surface area contributed by atoms with Crippen LogP contribution in [-0.4, -0.2) is 63.6 Å².